The van der Waals surface area contributed by atoms with Gasteiger partial charge in [-0.1, -0.05) is 54.1 Å². The number of nitrogens with one attached hydrogen (secondary N) is 1. The topological polar surface area (TPSA) is 113 Å². The average molecular weight is 681 g/mol. The molecule has 1 N–H and O–H groups in total. The molecular formula is C37H45ClN2O8. The highest BCUT2D eigenvalue weighted by Crippen LogP contribution is 2.45. The molecule has 48 heavy (non-hydrogen) atoms. The van der Waals surface area contributed by atoms with Crippen molar-refractivity contribution in [3.05, 3.63) is 88.4 Å². The first kappa shape index (κ1) is 36.7. The Morgan fingerprint density at radius 3 is 2.40 bits per heavy atom. The molecule has 0 bridgehead atoms. The van der Waals surface area contributed by atoms with Crippen molar-refractivity contribution in [1.29, 1.82) is 0 Å². The molecule has 0 radical (unpaired) electrons. The van der Waals surface area contributed by atoms with E-state index >= 15 is 0 Å². The van der Waals surface area contributed by atoms with E-state index in [2.05, 4.69) is 29.6 Å². The molecule has 2 atom stereocenters. The van der Waals surface area contributed by atoms with Crippen molar-refractivity contribution in [2.75, 3.05) is 45.4 Å². The third-order valence-electron chi connectivity index (χ3n) is 7.60. The number of nitrogens with zero attached hydrogens (tertiary/aromatic N) is 1. The molecule has 1 amide bonds. The minimum absolute atomic E-state index is 0.380. The summed E-state index contributed by atoms with van der Waals surface area (Å²) >= 11 is 6.48. The van der Waals surface area contributed by atoms with Crippen LogP contribution in [-0.2, 0) is 35.0 Å². The number of carbonyl (C=O) groups is 3. The van der Waals surface area contributed by atoms with Crippen LogP contribution in [0.2, 0.25) is 5.02 Å². The second-order valence-corrected chi connectivity index (χ2v) is 12.9. The molecule has 3 aromatic carbocycles. The van der Waals surface area contributed by atoms with Gasteiger partial charge in [-0.25, -0.2) is 0 Å². The lowest BCUT2D eigenvalue weighted by atomic mass is 9.98. The Bertz CT molecular complexity index is 1540. The van der Waals surface area contributed by atoms with E-state index in [1.807, 2.05) is 12.1 Å². The molecule has 0 fully saturated rings. The lowest BCUT2D eigenvalue weighted by molar-refractivity contribution is -0.154. The van der Waals surface area contributed by atoms with Crippen LogP contribution in [0.15, 0.2) is 66.7 Å². The predicted octanol–water partition coefficient (Wildman–Crippen LogP) is 6.07. The van der Waals surface area contributed by atoms with Crippen LogP contribution >= 0.6 is 11.6 Å². The number of anilines is 1. The first-order valence-corrected chi connectivity index (χ1v) is 16.5. The number of methoxy groups -OCH3 is 2. The van der Waals surface area contributed by atoms with Crippen LogP contribution in [0.4, 0.5) is 5.69 Å². The molecule has 4 rings (SSSR count). The summed E-state index contributed by atoms with van der Waals surface area (Å²) in [6.45, 7) is 6.96. The minimum Gasteiger partial charge on any atom is -0.492 e. The molecule has 0 saturated carbocycles. The highest BCUT2D eigenvalue weighted by molar-refractivity contribution is 6.30. The summed E-state index contributed by atoms with van der Waals surface area (Å²) in [4.78, 5) is 40.7. The van der Waals surface area contributed by atoms with E-state index in [0.717, 1.165) is 32.4 Å². The first-order chi connectivity index (χ1) is 23.0. The zero-order valence-corrected chi connectivity index (χ0v) is 29.0. The molecular weight excluding hydrogens is 636 g/mol. The van der Waals surface area contributed by atoms with E-state index in [4.69, 9.17) is 35.3 Å². The lowest BCUT2D eigenvalue weighted by Gasteiger charge is -2.26. The van der Waals surface area contributed by atoms with Crippen LogP contribution in [0.25, 0.3) is 0 Å². The van der Waals surface area contributed by atoms with Gasteiger partial charge in [-0.2, -0.15) is 0 Å². The number of amides is 1. The van der Waals surface area contributed by atoms with Gasteiger partial charge in [0.25, 0.3) is 5.91 Å². The summed E-state index contributed by atoms with van der Waals surface area (Å²) in [6, 6.07) is 20.8. The summed E-state index contributed by atoms with van der Waals surface area (Å²) < 4.78 is 28.9. The summed E-state index contributed by atoms with van der Waals surface area (Å²) in [5.41, 5.74) is 2.00. The molecule has 10 nitrogen and oxygen atoms in total. The van der Waals surface area contributed by atoms with Crippen molar-refractivity contribution in [1.82, 2.24) is 5.32 Å². The van der Waals surface area contributed by atoms with Crippen LogP contribution < -0.4 is 19.7 Å². The van der Waals surface area contributed by atoms with Gasteiger partial charge < -0.3 is 29.0 Å². The van der Waals surface area contributed by atoms with Gasteiger partial charge in [0, 0.05) is 16.1 Å². The zero-order valence-electron chi connectivity index (χ0n) is 28.3. The van der Waals surface area contributed by atoms with E-state index in [0.29, 0.717) is 39.9 Å². The molecule has 1 aliphatic rings. The minimum atomic E-state index is -1.29. The maximum Gasteiger partial charge on any atom is 0.326 e. The van der Waals surface area contributed by atoms with Crippen LogP contribution in [0, 0.1) is 0 Å². The van der Waals surface area contributed by atoms with Crippen molar-refractivity contribution in [2.45, 2.75) is 64.3 Å². The fraction of sp³-hybridized carbons (Fsp3) is 0.432. The SMILES string of the molecule is COC(=O)C[C@@H]1O[C@@H](c2cccc(OCCCNCCCc3ccccc3)c2OC)c2cc(Cl)ccc2N(CC(=O)OC(C)(C)C)C1=O. The van der Waals surface area contributed by atoms with Crippen molar-refractivity contribution < 1.29 is 38.1 Å². The average Bonchev–Trinajstić information content (AvgIpc) is 3.15. The maximum atomic E-state index is 14.0. The molecule has 0 saturated heterocycles. The second-order valence-electron chi connectivity index (χ2n) is 12.4. The van der Waals surface area contributed by atoms with Crippen molar-refractivity contribution in [3.8, 4) is 11.5 Å². The molecule has 1 heterocycles. The van der Waals surface area contributed by atoms with Crippen molar-refractivity contribution in [2.24, 2.45) is 0 Å². The van der Waals surface area contributed by atoms with Crippen LogP contribution in [0.3, 0.4) is 0 Å². The Hall–Kier alpha value is -4.12. The number of benzene rings is 3. The second kappa shape index (κ2) is 17.3. The van der Waals surface area contributed by atoms with Gasteiger partial charge in [-0.3, -0.25) is 19.3 Å². The summed E-state index contributed by atoms with van der Waals surface area (Å²) in [6.07, 6.45) is 0.241. The number of halogens is 1. The predicted molar refractivity (Wildman–Crippen MR) is 184 cm³/mol. The van der Waals surface area contributed by atoms with E-state index in [1.165, 1.54) is 24.7 Å². The van der Waals surface area contributed by atoms with Crippen molar-refractivity contribution >= 4 is 35.1 Å². The van der Waals surface area contributed by atoms with E-state index in [-0.39, 0.29) is 6.42 Å². The molecule has 3 aromatic rings. The van der Waals surface area contributed by atoms with Gasteiger partial charge >= 0.3 is 11.9 Å². The quantitative estimate of drug-likeness (QED) is 0.151. The van der Waals surface area contributed by atoms with Crippen molar-refractivity contribution in [3.63, 3.8) is 0 Å². The standard InChI is InChI=1S/C37H45ClN2O8/c1-37(2,3)48-33(42)24-40-29-18-17-26(38)22-28(29)34(47-31(36(40)43)23-32(41)44-4)27-15-9-16-30(35(27)45-5)46-21-11-20-39-19-10-14-25-12-7-6-8-13-25/h6-9,12-13,15-18,22,31,34,39H,10-11,14,19-21,23-24H2,1-5H3/t31-,34-/m0/s1. The fourth-order valence-electron chi connectivity index (χ4n) is 5.48. The van der Waals surface area contributed by atoms with Gasteiger partial charge in [-0.15, -0.1) is 0 Å². The summed E-state index contributed by atoms with van der Waals surface area (Å²) in [7, 11) is 2.76. The third-order valence-corrected chi connectivity index (χ3v) is 7.84. The van der Waals surface area contributed by atoms with Crippen LogP contribution in [0.5, 0.6) is 11.5 Å². The lowest BCUT2D eigenvalue weighted by Crippen LogP contribution is -2.44. The summed E-state index contributed by atoms with van der Waals surface area (Å²) in [5.74, 6) is -0.956. The molecule has 0 aliphatic carbocycles. The zero-order chi connectivity index (χ0) is 34.7. The Morgan fingerprint density at radius 2 is 1.69 bits per heavy atom. The molecule has 11 heteroatoms. The number of fused-ring (bicyclic) bond motifs is 1. The highest BCUT2D eigenvalue weighted by atomic mass is 35.5. The molecule has 0 spiro atoms. The summed E-state index contributed by atoms with van der Waals surface area (Å²) in [5, 5.41) is 3.85. The number of hydrogen-bond donors (Lipinski definition) is 1. The number of aryl methyl sites for hydroxylation is 1. The highest BCUT2D eigenvalue weighted by Gasteiger charge is 2.40. The molecule has 0 aromatic heterocycles. The maximum absolute atomic E-state index is 14.0. The van der Waals surface area contributed by atoms with Crippen LogP contribution in [0.1, 0.15) is 62.8 Å². The van der Waals surface area contributed by atoms with Gasteiger partial charge in [-0.05, 0) is 83.0 Å². The molecule has 258 valence electrons. The van der Waals surface area contributed by atoms with Gasteiger partial charge in [0.15, 0.2) is 11.5 Å². The smallest absolute Gasteiger partial charge is 0.326 e. The Balaban J connectivity index is 1.55. The number of para-hydroxylation sites is 1. The third kappa shape index (κ3) is 10.2. The van der Waals surface area contributed by atoms with Gasteiger partial charge in [0.2, 0.25) is 0 Å². The van der Waals surface area contributed by atoms with E-state index in [1.54, 1.807) is 51.1 Å². The van der Waals surface area contributed by atoms with E-state index < -0.39 is 42.2 Å². The Morgan fingerprint density at radius 1 is 0.938 bits per heavy atom. The number of hydrogen-bond acceptors (Lipinski definition) is 9. The van der Waals surface area contributed by atoms with E-state index in [9.17, 15) is 14.4 Å². The first-order valence-electron chi connectivity index (χ1n) is 16.1. The van der Waals surface area contributed by atoms with Crippen LogP contribution in [-0.4, -0.2) is 70.0 Å². The fourth-order valence-corrected chi connectivity index (χ4v) is 5.66. The molecule has 0 unspecified atom stereocenters. The number of esters is 2. The number of ether oxygens (including phenoxy) is 5. The monoisotopic (exact) mass is 680 g/mol. The van der Waals surface area contributed by atoms with Gasteiger partial charge in [0.1, 0.15) is 24.4 Å². The number of carbonyl (C=O) groups excluding carboxylic acids is 3. The van der Waals surface area contributed by atoms with Gasteiger partial charge in [0.05, 0.1) is 32.9 Å². The number of rotatable bonds is 15. The molecule has 1 aliphatic heterocycles. The Kier molecular flexibility index (Phi) is 13.3. The normalized spacial score (nSPS) is 16.1. The Labute approximate surface area is 287 Å². The largest absolute Gasteiger partial charge is 0.492 e.